The number of amides is 2. The van der Waals surface area contributed by atoms with Gasteiger partial charge >= 0.3 is 12.2 Å². The van der Waals surface area contributed by atoms with Crippen LogP contribution in [0.4, 0.5) is 19.7 Å². The van der Waals surface area contributed by atoms with Gasteiger partial charge in [-0.05, 0) is 45.4 Å². The molecule has 0 radical (unpaired) electrons. The highest BCUT2D eigenvalue weighted by Gasteiger charge is 2.32. The second-order valence-corrected chi connectivity index (χ2v) is 6.80. The molecule has 5 nitrogen and oxygen atoms in total. The zero-order valence-electron chi connectivity index (χ0n) is 13.7. The molecule has 0 heterocycles. The van der Waals surface area contributed by atoms with Gasteiger partial charge in [-0.3, -0.25) is 0 Å². The van der Waals surface area contributed by atoms with Crippen LogP contribution in [0.2, 0.25) is 0 Å². The summed E-state index contributed by atoms with van der Waals surface area (Å²) in [6.45, 7) is 7.05. The molecule has 7 heteroatoms. The lowest BCUT2D eigenvalue weighted by Gasteiger charge is -2.26. The maximum absolute atomic E-state index is 14.1. The fourth-order valence-electron chi connectivity index (χ4n) is 1.60. The number of carbonyl (C=O) groups is 2. The van der Waals surface area contributed by atoms with Gasteiger partial charge in [-0.15, -0.1) is 0 Å². The van der Waals surface area contributed by atoms with Gasteiger partial charge in [-0.25, -0.2) is 14.0 Å². The first kappa shape index (κ1) is 19.4. The summed E-state index contributed by atoms with van der Waals surface area (Å²) in [5.74, 6) is -0.730. The van der Waals surface area contributed by atoms with Gasteiger partial charge in [0, 0.05) is 4.47 Å². The van der Waals surface area contributed by atoms with Gasteiger partial charge in [-0.1, -0.05) is 29.3 Å². The van der Waals surface area contributed by atoms with Gasteiger partial charge in [0.15, 0.2) is 0 Å². The SMILES string of the molecule is CCCCOC(=O)N(C(=O)OC(C)(C)C)c1cc(Br)ccc1F. The lowest BCUT2D eigenvalue weighted by Crippen LogP contribution is -2.42. The first-order valence-electron chi connectivity index (χ1n) is 7.30. The Kier molecular flexibility index (Phi) is 7.00. The minimum Gasteiger partial charge on any atom is -0.449 e. The molecule has 0 aliphatic rings. The molecule has 0 N–H and O–H groups in total. The Morgan fingerprint density at radius 3 is 2.48 bits per heavy atom. The summed E-state index contributed by atoms with van der Waals surface area (Å²) in [5.41, 5.74) is -1.06. The highest BCUT2D eigenvalue weighted by molar-refractivity contribution is 9.10. The van der Waals surface area contributed by atoms with Crippen LogP contribution in [0.1, 0.15) is 40.5 Å². The molecule has 1 rings (SSSR count). The summed E-state index contributed by atoms with van der Waals surface area (Å²) >= 11 is 3.19. The first-order valence-corrected chi connectivity index (χ1v) is 8.10. The van der Waals surface area contributed by atoms with E-state index >= 15 is 0 Å². The number of imide groups is 1. The predicted octanol–water partition coefficient (Wildman–Crippen LogP) is 5.27. The third kappa shape index (κ3) is 6.17. The number of halogens is 2. The molecule has 0 spiro atoms. The molecule has 0 saturated carbocycles. The van der Waals surface area contributed by atoms with Gasteiger partial charge < -0.3 is 9.47 Å². The second kappa shape index (κ2) is 8.29. The van der Waals surface area contributed by atoms with Crippen LogP contribution in [0.5, 0.6) is 0 Å². The monoisotopic (exact) mass is 389 g/mol. The molecule has 1 aromatic carbocycles. The van der Waals surface area contributed by atoms with E-state index in [9.17, 15) is 14.0 Å². The van der Waals surface area contributed by atoms with Crippen molar-refractivity contribution in [2.24, 2.45) is 0 Å². The van der Waals surface area contributed by atoms with Gasteiger partial charge in [0.25, 0.3) is 0 Å². The van der Waals surface area contributed by atoms with Crippen molar-refractivity contribution in [2.45, 2.75) is 46.1 Å². The van der Waals surface area contributed by atoms with Crippen LogP contribution in [0.15, 0.2) is 22.7 Å². The Hall–Kier alpha value is -1.63. The van der Waals surface area contributed by atoms with E-state index in [2.05, 4.69) is 15.9 Å². The predicted molar refractivity (Wildman–Crippen MR) is 89.1 cm³/mol. The smallest absolute Gasteiger partial charge is 0.424 e. The maximum atomic E-state index is 14.1. The first-order chi connectivity index (χ1) is 10.7. The average molecular weight is 390 g/mol. The zero-order chi connectivity index (χ0) is 17.6. The highest BCUT2D eigenvalue weighted by Crippen LogP contribution is 2.26. The van der Waals surface area contributed by atoms with Crippen molar-refractivity contribution in [1.82, 2.24) is 0 Å². The number of rotatable bonds is 4. The molecule has 0 saturated heterocycles. The minimum atomic E-state index is -0.990. The van der Waals surface area contributed by atoms with Crippen molar-refractivity contribution < 1.29 is 23.5 Å². The summed E-state index contributed by atoms with van der Waals surface area (Å²) in [6, 6.07) is 3.94. The molecular weight excluding hydrogens is 369 g/mol. The number of hydrogen-bond acceptors (Lipinski definition) is 4. The molecule has 0 unspecified atom stereocenters. The van der Waals surface area contributed by atoms with E-state index in [1.54, 1.807) is 20.8 Å². The largest absolute Gasteiger partial charge is 0.449 e. The molecule has 2 amide bonds. The fraction of sp³-hybridized carbons (Fsp3) is 0.500. The topological polar surface area (TPSA) is 55.8 Å². The van der Waals surface area contributed by atoms with Crippen LogP contribution >= 0.6 is 15.9 Å². The molecule has 0 aromatic heterocycles. The number of unbranched alkanes of at least 4 members (excludes halogenated alkanes) is 1. The molecule has 128 valence electrons. The third-order valence-electron chi connectivity index (χ3n) is 2.63. The summed E-state index contributed by atoms with van der Waals surface area (Å²) in [6.07, 6.45) is -0.486. The van der Waals surface area contributed by atoms with Crippen LogP contribution in [-0.4, -0.2) is 24.4 Å². The van der Waals surface area contributed by atoms with Gasteiger partial charge in [0.2, 0.25) is 0 Å². The summed E-state index contributed by atoms with van der Waals surface area (Å²) in [7, 11) is 0. The van der Waals surface area contributed by atoms with E-state index in [0.717, 1.165) is 12.5 Å². The van der Waals surface area contributed by atoms with Crippen LogP contribution < -0.4 is 4.90 Å². The molecule has 0 atom stereocenters. The van der Waals surface area contributed by atoms with E-state index in [-0.39, 0.29) is 12.3 Å². The summed E-state index contributed by atoms with van der Waals surface area (Å²) < 4.78 is 24.8. The third-order valence-corrected chi connectivity index (χ3v) is 3.12. The van der Waals surface area contributed by atoms with Crippen molar-refractivity contribution in [3.05, 3.63) is 28.5 Å². The maximum Gasteiger partial charge on any atom is 0.424 e. The van der Waals surface area contributed by atoms with Gasteiger partial charge in [0.1, 0.15) is 11.4 Å². The van der Waals surface area contributed by atoms with Gasteiger partial charge in [-0.2, -0.15) is 4.90 Å². The molecule has 0 aliphatic carbocycles. The average Bonchev–Trinajstić information content (AvgIpc) is 2.41. The fourth-order valence-corrected chi connectivity index (χ4v) is 1.95. The summed E-state index contributed by atoms with van der Waals surface area (Å²) in [4.78, 5) is 25.1. The number of carbonyl (C=O) groups excluding carboxylic acids is 2. The number of anilines is 1. The van der Waals surface area contributed by atoms with Crippen molar-refractivity contribution >= 4 is 33.8 Å². The molecule has 0 fully saturated rings. The lowest BCUT2D eigenvalue weighted by molar-refractivity contribution is 0.0566. The van der Waals surface area contributed by atoms with E-state index in [4.69, 9.17) is 9.47 Å². The van der Waals surface area contributed by atoms with E-state index in [1.165, 1.54) is 12.1 Å². The van der Waals surface area contributed by atoms with Crippen LogP contribution in [-0.2, 0) is 9.47 Å². The Morgan fingerprint density at radius 1 is 1.26 bits per heavy atom. The normalized spacial score (nSPS) is 11.0. The van der Waals surface area contributed by atoms with E-state index in [1.807, 2.05) is 6.92 Å². The van der Waals surface area contributed by atoms with Gasteiger partial charge in [0.05, 0.1) is 12.3 Å². The van der Waals surface area contributed by atoms with E-state index in [0.29, 0.717) is 15.8 Å². The zero-order valence-corrected chi connectivity index (χ0v) is 15.3. The number of hydrogen-bond donors (Lipinski definition) is 0. The molecular formula is C16H21BrFNO4. The van der Waals surface area contributed by atoms with Crippen LogP contribution in [0.25, 0.3) is 0 Å². The van der Waals surface area contributed by atoms with Crippen molar-refractivity contribution in [3.8, 4) is 0 Å². The molecule has 23 heavy (non-hydrogen) atoms. The van der Waals surface area contributed by atoms with Crippen molar-refractivity contribution in [1.29, 1.82) is 0 Å². The Labute approximate surface area is 143 Å². The minimum absolute atomic E-state index is 0.143. The van der Waals surface area contributed by atoms with Crippen LogP contribution in [0.3, 0.4) is 0 Å². The highest BCUT2D eigenvalue weighted by atomic mass is 79.9. The number of ether oxygens (including phenoxy) is 2. The van der Waals surface area contributed by atoms with Crippen LogP contribution in [0, 0.1) is 5.82 Å². The van der Waals surface area contributed by atoms with Crippen molar-refractivity contribution in [2.75, 3.05) is 11.5 Å². The van der Waals surface area contributed by atoms with E-state index < -0.39 is 23.6 Å². The molecule has 0 bridgehead atoms. The molecule has 1 aromatic rings. The quantitative estimate of drug-likeness (QED) is 0.658. The number of nitrogens with zero attached hydrogens (tertiary/aromatic N) is 1. The number of benzene rings is 1. The molecule has 0 aliphatic heterocycles. The standard InChI is InChI=1S/C16H21BrFNO4/c1-5-6-9-22-14(20)19(15(21)23-16(2,3)4)13-10-11(17)7-8-12(13)18/h7-8,10H,5-6,9H2,1-4H3. The Morgan fingerprint density at radius 2 is 1.91 bits per heavy atom. The Bertz CT molecular complexity index is 572. The lowest BCUT2D eigenvalue weighted by atomic mass is 10.2. The summed E-state index contributed by atoms with van der Waals surface area (Å²) in [5, 5.41) is 0. The second-order valence-electron chi connectivity index (χ2n) is 5.88. The van der Waals surface area contributed by atoms with Crippen molar-refractivity contribution in [3.63, 3.8) is 0 Å². The Balaban J connectivity index is 3.12.